The van der Waals surface area contributed by atoms with Gasteiger partial charge in [-0.15, -0.1) is 0 Å². The first-order valence-corrected chi connectivity index (χ1v) is 10.7. The fraction of sp³-hybridized carbons (Fsp3) is 0.429. The molecule has 4 heterocycles. The van der Waals surface area contributed by atoms with Crippen molar-refractivity contribution in [3.63, 3.8) is 0 Å². The highest BCUT2D eigenvalue weighted by atomic mass is 19.4. The summed E-state index contributed by atoms with van der Waals surface area (Å²) in [6.45, 7) is 1.10. The number of nitrogens with one attached hydrogen (secondary N) is 3. The van der Waals surface area contributed by atoms with Crippen LogP contribution in [0.4, 0.5) is 24.8 Å². The number of nitrogens with zero attached hydrogens (tertiary/aromatic N) is 5. The number of hydrogen-bond donors (Lipinski definition) is 3. The lowest BCUT2D eigenvalue weighted by atomic mass is 9.83. The van der Waals surface area contributed by atoms with Gasteiger partial charge in [0.1, 0.15) is 17.3 Å². The van der Waals surface area contributed by atoms with Gasteiger partial charge in [0.15, 0.2) is 16.9 Å². The summed E-state index contributed by atoms with van der Waals surface area (Å²) >= 11 is 0. The van der Waals surface area contributed by atoms with Gasteiger partial charge >= 0.3 is 6.18 Å². The number of fused-ring (bicyclic) bond motifs is 2. The van der Waals surface area contributed by atoms with Gasteiger partial charge in [0, 0.05) is 19.3 Å². The molecule has 1 atom stereocenters. The first-order valence-electron chi connectivity index (χ1n) is 10.7. The van der Waals surface area contributed by atoms with Gasteiger partial charge in [0.25, 0.3) is 0 Å². The number of pyridine rings is 1. The van der Waals surface area contributed by atoms with Gasteiger partial charge in [-0.3, -0.25) is 9.59 Å². The van der Waals surface area contributed by atoms with Crippen molar-refractivity contribution in [1.82, 2.24) is 30.0 Å². The Morgan fingerprint density at radius 3 is 2.76 bits per heavy atom. The molecule has 1 unspecified atom stereocenters. The monoisotopic (exact) mass is 474 g/mol. The Kier molecular flexibility index (Phi) is 4.95. The molecule has 34 heavy (non-hydrogen) atoms. The molecule has 5 rings (SSSR count). The maximum absolute atomic E-state index is 13.0. The second-order valence-electron chi connectivity index (χ2n) is 8.51. The van der Waals surface area contributed by atoms with Crippen LogP contribution >= 0.6 is 0 Å². The van der Waals surface area contributed by atoms with Gasteiger partial charge in [-0.25, -0.2) is 19.6 Å². The zero-order chi connectivity index (χ0) is 24.3. The Labute approximate surface area is 191 Å². The summed E-state index contributed by atoms with van der Waals surface area (Å²) in [5, 5.41) is 13.2. The van der Waals surface area contributed by atoms with Crippen molar-refractivity contribution in [2.24, 2.45) is 0 Å². The molecule has 1 fully saturated rings. The molecular formula is C21H21F3N8O2. The molecule has 0 aromatic carbocycles. The van der Waals surface area contributed by atoms with Crippen molar-refractivity contribution in [3.05, 3.63) is 23.9 Å². The number of aromatic nitrogens is 5. The summed E-state index contributed by atoms with van der Waals surface area (Å²) in [5.74, 6) is -0.502. The van der Waals surface area contributed by atoms with E-state index in [-0.39, 0.29) is 34.8 Å². The van der Waals surface area contributed by atoms with Crippen LogP contribution in [0, 0.1) is 0 Å². The first-order chi connectivity index (χ1) is 16.1. The van der Waals surface area contributed by atoms with Crippen LogP contribution in [-0.4, -0.2) is 55.8 Å². The van der Waals surface area contributed by atoms with Crippen molar-refractivity contribution in [1.29, 1.82) is 0 Å². The minimum atomic E-state index is -4.35. The fourth-order valence-corrected chi connectivity index (χ4v) is 3.99. The van der Waals surface area contributed by atoms with Crippen LogP contribution in [0.15, 0.2) is 18.3 Å². The average molecular weight is 474 g/mol. The van der Waals surface area contributed by atoms with Crippen molar-refractivity contribution < 1.29 is 22.8 Å². The van der Waals surface area contributed by atoms with Crippen LogP contribution in [-0.2, 0) is 21.5 Å². The third-order valence-corrected chi connectivity index (χ3v) is 6.02. The number of hydrogen-bond acceptors (Lipinski definition) is 7. The van der Waals surface area contributed by atoms with Crippen molar-refractivity contribution in [2.75, 3.05) is 17.7 Å². The number of alkyl halides is 3. The third-order valence-electron chi connectivity index (χ3n) is 6.02. The number of carbonyl (C=O) groups is 2. The topological polar surface area (TPSA) is 127 Å². The van der Waals surface area contributed by atoms with Crippen LogP contribution in [0.3, 0.4) is 0 Å². The Balaban J connectivity index is 1.60. The molecule has 10 nitrogen and oxygen atoms in total. The molecule has 0 radical (unpaired) electrons. The normalized spacial score (nSPS) is 19.7. The van der Waals surface area contributed by atoms with Gasteiger partial charge in [-0.05, 0) is 31.9 Å². The minimum Gasteiger partial charge on any atom is -0.373 e. The average Bonchev–Trinajstić information content (AvgIpc) is 3.47. The Bertz CT molecular complexity index is 1320. The minimum absolute atomic E-state index is 0.0546. The third kappa shape index (κ3) is 3.60. The van der Waals surface area contributed by atoms with Gasteiger partial charge in [0.05, 0.1) is 23.9 Å². The van der Waals surface area contributed by atoms with E-state index in [2.05, 4.69) is 36.0 Å². The SMILES string of the molecule is CNc1nc(-c2nn(CCC(F)(F)F)c3ncccc23)nc2c1C(C)(C(=O)NC1CC1)C(=O)N2. The van der Waals surface area contributed by atoms with Crippen molar-refractivity contribution in [3.8, 4) is 11.5 Å². The first kappa shape index (κ1) is 22.0. The van der Waals surface area contributed by atoms with Crippen LogP contribution in [0.5, 0.6) is 0 Å². The second-order valence-corrected chi connectivity index (χ2v) is 8.51. The molecule has 0 bridgehead atoms. The van der Waals surface area contributed by atoms with E-state index in [9.17, 15) is 22.8 Å². The number of amides is 2. The van der Waals surface area contributed by atoms with Gasteiger partial charge in [-0.2, -0.15) is 18.3 Å². The Hall–Kier alpha value is -3.77. The van der Waals surface area contributed by atoms with E-state index in [1.54, 1.807) is 19.2 Å². The van der Waals surface area contributed by atoms with Crippen LogP contribution in [0.25, 0.3) is 22.6 Å². The molecule has 1 saturated carbocycles. The largest absolute Gasteiger partial charge is 0.390 e. The number of halogens is 3. The highest BCUT2D eigenvalue weighted by molar-refractivity contribution is 6.21. The number of anilines is 2. The zero-order valence-corrected chi connectivity index (χ0v) is 18.3. The van der Waals surface area contributed by atoms with E-state index in [1.165, 1.54) is 17.8 Å². The molecule has 2 aliphatic rings. The molecule has 3 aromatic heterocycles. The number of aryl methyl sites for hydroxylation is 1. The molecule has 2 amide bonds. The van der Waals surface area contributed by atoms with Crippen LogP contribution < -0.4 is 16.0 Å². The van der Waals surface area contributed by atoms with E-state index in [4.69, 9.17) is 0 Å². The summed E-state index contributed by atoms with van der Waals surface area (Å²) in [6.07, 6.45) is -2.24. The molecule has 0 saturated heterocycles. The molecular weight excluding hydrogens is 453 g/mol. The van der Waals surface area contributed by atoms with Crippen LogP contribution in [0.2, 0.25) is 0 Å². The summed E-state index contributed by atoms with van der Waals surface area (Å²) in [5.41, 5.74) is -0.755. The second kappa shape index (κ2) is 7.64. The Morgan fingerprint density at radius 2 is 2.09 bits per heavy atom. The van der Waals surface area contributed by atoms with E-state index >= 15 is 0 Å². The number of rotatable bonds is 6. The van der Waals surface area contributed by atoms with Crippen molar-refractivity contribution >= 4 is 34.5 Å². The van der Waals surface area contributed by atoms with E-state index in [1.807, 2.05) is 0 Å². The predicted molar refractivity (Wildman–Crippen MR) is 116 cm³/mol. The smallest absolute Gasteiger partial charge is 0.373 e. The van der Waals surface area contributed by atoms with Gasteiger partial charge in [0.2, 0.25) is 11.8 Å². The van der Waals surface area contributed by atoms with Crippen LogP contribution in [0.1, 0.15) is 31.7 Å². The zero-order valence-electron chi connectivity index (χ0n) is 18.3. The molecule has 0 spiro atoms. The number of carbonyl (C=O) groups excluding carboxylic acids is 2. The molecule has 3 aromatic rings. The van der Waals surface area contributed by atoms with Crippen molar-refractivity contribution in [2.45, 2.75) is 50.4 Å². The van der Waals surface area contributed by atoms with E-state index in [0.29, 0.717) is 10.9 Å². The lowest BCUT2D eigenvalue weighted by molar-refractivity contribution is -0.137. The summed E-state index contributed by atoms with van der Waals surface area (Å²) < 4.78 is 39.6. The maximum Gasteiger partial charge on any atom is 0.390 e. The van der Waals surface area contributed by atoms with E-state index in [0.717, 1.165) is 12.8 Å². The Morgan fingerprint density at radius 1 is 1.32 bits per heavy atom. The molecule has 1 aliphatic carbocycles. The maximum atomic E-state index is 13.0. The van der Waals surface area contributed by atoms with Gasteiger partial charge < -0.3 is 16.0 Å². The summed E-state index contributed by atoms with van der Waals surface area (Å²) in [6, 6.07) is 3.35. The highest BCUT2D eigenvalue weighted by Crippen LogP contribution is 2.42. The predicted octanol–water partition coefficient (Wildman–Crippen LogP) is 2.37. The fourth-order valence-electron chi connectivity index (χ4n) is 3.99. The lowest BCUT2D eigenvalue weighted by Gasteiger charge is -2.22. The molecule has 13 heteroatoms. The molecule has 178 valence electrons. The summed E-state index contributed by atoms with van der Waals surface area (Å²) in [4.78, 5) is 39.0. The molecule has 3 N–H and O–H groups in total. The van der Waals surface area contributed by atoms with E-state index < -0.39 is 36.4 Å². The summed E-state index contributed by atoms with van der Waals surface area (Å²) in [7, 11) is 1.59. The quantitative estimate of drug-likeness (QED) is 0.468. The highest BCUT2D eigenvalue weighted by Gasteiger charge is 2.53. The lowest BCUT2D eigenvalue weighted by Crippen LogP contribution is -2.48. The molecule has 1 aliphatic heterocycles. The van der Waals surface area contributed by atoms with Gasteiger partial charge in [-0.1, -0.05) is 0 Å². The standard InChI is InChI=1S/C21H21F3N8O2/c1-20(18(33)27-10-5-6-10)12-14(25-2)28-16(29-15(12)30-19(20)34)13-11-4-3-8-26-17(11)32(31-13)9-7-21(22,23)24/h3-4,8,10H,5-7,9H2,1-2H3,(H,27,33)(H2,25,28,29,30,34).